The molecule has 0 heterocycles. The van der Waals surface area contributed by atoms with Crippen LogP contribution in [0.5, 0.6) is 11.5 Å². The van der Waals surface area contributed by atoms with Crippen molar-refractivity contribution < 1.29 is 75.0 Å². The molecule has 130 heavy (non-hydrogen) atoms. The first-order valence-electron chi connectivity index (χ1n) is 45.2. The first-order chi connectivity index (χ1) is 61.9. The molecule has 0 saturated heterocycles. The molecule has 11 aromatic carbocycles. The lowest BCUT2D eigenvalue weighted by atomic mass is 9.54. The summed E-state index contributed by atoms with van der Waals surface area (Å²) in [5, 5.41) is -6.15. The smallest absolute Gasteiger partial charge is 0.449 e. The number of halogens is 8. The summed E-state index contributed by atoms with van der Waals surface area (Å²) >= 11 is 0. The maximum Gasteiger partial charge on any atom is 0.449 e. The van der Waals surface area contributed by atoms with Crippen molar-refractivity contribution in [2.75, 3.05) is 0 Å². The van der Waals surface area contributed by atoms with Gasteiger partial charge >= 0.3 is 33.2 Å². The van der Waals surface area contributed by atoms with Crippen molar-refractivity contribution in [1.29, 1.82) is 0 Å². The molecule has 9 nitrogen and oxygen atoms in total. The van der Waals surface area contributed by atoms with Crippen molar-refractivity contribution in [3.63, 3.8) is 0 Å². The summed E-state index contributed by atoms with van der Waals surface area (Å²) in [6.45, 7) is 9.63. The maximum atomic E-state index is 13.5. The molecule has 7 fully saturated rings. The Morgan fingerprint density at radius 1 is 0.385 bits per heavy atom. The normalized spacial score (nSPS) is 18.5. The molecule has 7 saturated carbocycles. The number of aryl methyl sites for hydroxylation is 2. The highest BCUT2D eigenvalue weighted by atomic mass is 32.2. The van der Waals surface area contributed by atoms with Gasteiger partial charge in [0.2, 0.25) is 0 Å². The summed E-state index contributed by atoms with van der Waals surface area (Å²) in [5.74, 6) is -12.7. The highest BCUT2D eigenvalue weighted by Gasteiger charge is 2.77. The van der Waals surface area contributed by atoms with Gasteiger partial charge < -0.3 is 18.2 Å². The van der Waals surface area contributed by atoms with Crippen molar-refractivity contribution in [3.8, 4) is 11.5 Å². The Morgan fingerprint density at radius 2 is 0.662 bits per heavy atom. The van der Waals surface area contributed by atoms with E-state index in [1.165, 1.54) is 125 Å². The third-order valence-electron chi connectivity index (χ3n) is 24.4. The molecule has 11 aromatic rings. The van der Waals surface area contributed by atoms with Crippen LogP contribution in [0.4, 0.5) is 35.1 Å². The Balaban J connectivity index is 0.000000142. The van der Waals surface area contributed by atoms with E-state index in [2.05, 4.69) is 291 Å². The zero-order valence-corrected chi connectivity index (χ0v) is 79.1. The van der Waals surface area contributed by atoms with Gasteiger partial charge in [0.05, 0.1) is 37.6 Å². The summed E-state index contributed by atoms with van der Waals surface area (Å²) < 4.78 is 179. The molecule has 22 heteroatoms. The fourth-order valence-corrected chi connectivity index (χ4v) is 27.0. The zero-order valence-electron chi connectivity index (χ0n) is 75.0. The monoisotopic (exact) mass is 1870 g/mol. The van der Waals surface area contributed by atoms with E-state index in [0.717, 1.165) is 113 Å². The second-order valence-electron chi connectivity index (χ2n) is 36.2. The second-order valence-corrected chi connectivity index (χ2v) is 45.2. The van der Waals surface area contributed by atoms with Crippen LogP contribution in [0.3, 0.4) is 0 Å². The Morgan fingerprint density at radius 3 is 0.931 bits per heavy atom. The predicted molar refractivity (Wildman–Crippen MR) is 505 cm³/mol. The Bertz CT molecular complexity index is 5190. The van der Waals surface area contributed by atoms with Gasteiger partial charge in [0.25, 0.3) is 5.92 Å². The minimum absolute atomic E-state index is 0.0146. The van der Waals surface area contributed by atoms with E-state index >= 15 is 0 Å². The van der Waals surface area contributed by atoms with Crippen LogP contribution in [-0.4, -0.2) is 61.6 Å². The number of ether oxygens (including phenoxy) is 2. The number of alkyl halides is 8. The van der Waals surface area contributed by atoms with Gasteiger partial charge in [-0.3, -0.25) is 4.79 Å². The minimum Gasteiger partial charge on any atom is -0.744 e. The van der Waals surface area contributed by atoms with Gasteiger partial charge in [-0.1, -0.05) is 233 Å². The van der Waals surface area contributed by atoms with E-state index < -0.39 is 79.5 Å². The van der Waals surface area contributed by atoms with Crippen LogP contribution in [0, 0.1) is 31.6 Å². The maximum absolute atomic E-state index is 13.5. The lowest BCUT2D eigenvalue weighted by molar-refractivity contribution is -0.272. The quantitative estimate of drug-likeness (QED) is 0.0214. The summed E-state index contributed by atoms with van der Waals surface area (Å²) in [4.78, 5) is 24.1. The molecule has 7 aliphatic carbocycles. The summed E-state index contributed by atoms with van der Waals surface area (Å²) in [5.41, 5.74) is 4.70. The van der Waals surface area contributed by atoms with Gasteiger partial charge in [0.15, 0.2) is 44.1 Å². The summed E-state index contributed by atoms with van der Waals surface area (Å²) in [7, 11) is -10.9. The molecule has 0 aliphatic heterocycles. The van der Waals surface area contributed by atoms with E-state index in [0.29, 0.717) is 23.7 Å². The largest absolute Gasteiger partial charge is 0.744 e. The molecule has 7 aliphatic rings. The van der Waals surface area contributed by atoms with Gasteiger partial charge in [0, 0.05) is 6.92 Å². The topological polar surface area (TPSA) is 136 Å². The van der Waals surface area contributed by atoms with Gasteiger partial charge in [0.1, 0.15) is 39.2 Å². The molecular formula is C108H120F8O9S5+2. The second kappa shape index (κ2) is 45.0. The van der Waals surface area contributed by atoms with Crippen LogP contribution in [0.1, 0.15) is 221 Å². The van der Waals surface area contributed by atoms with Crippen LogP contribution in [-0.2, 0) is 62.5 Å². The molecule has 0 atom stereocenters. The standard InChI is InChI=1S/C24H36O3S.2C19H17S.C18H15S.C14H16F6O4S.C14H20F2O2/c25-28(26,27)24-22(19-12-6-2-7-13-19)16-21(18-10-4-1-5-11-18)17-23(24)20-14-8-3-9-15-20;2*1-16-12-14-19(15-13-16)20(17-8-4-2-5-9-17)18-10-6-3-7-11-18;1-4-10-16(11-5-1)19(17-12-6-2-7-13-17)18-14-8-3-9-15-18;1-11(2,3)23-9-5-7-10(8-6-9)24-25(21,22)14(19,20)13(17,18)12(4,15)16;1-13(15,16)8-12(17)18-14-5-9-2-10(6-14)4-11(3-9)7-14/h16-20H,1-15H2,(H,25,26,27);2*2-15H,1H3;1-15H;5-8H,1-4H3;9-11H,2-8H2,1H3/q;3*+1;;/p-1. The number of hydrogen-bond acceptors (Lipinski definition) is 9. The summed E-state index contributed by atoms with van der Waals surface area (Å²) in [6.07, 6.45) is 23.1. The molecule has 0 unspecified atom stereocenters. The van der Waals surface area contributed by atoms with Crippen molar-refractivity contribution >= 4 is 58.9 Å². The minimum atomic E-state index is -6.41. The molecule has 18 rings (SSSR count). The van der Waals surface area contributed by atoms with Crippen molar-refractivity contribution in [2.24, 2.45) is 17.8 Å². The lowest BCUT2D eigenvalue weighted by Gasteiger charge is -2.55. The zero-order chi connectivity index (χ0) is 92.9. The molecular weight excluding hydrogens is 1750 g/mol. The number of benzene rings is 11. The molecule has 0 N–H and O–H groups in total. The Labute approximate surface area is 773 Å². The van der Waals surface area contributed by atoms with Crippen LogP contribution in [0.15, 0.2) is 346 Å². The van der Waals surface area contributed by atoms with E-state index in [-0.39, 0.29) is 55.2 Å². The SMILES string of the molecule is CC(C)(C)Oc1ccc(OS(=O)(=O)C(F)(F)C(F)(F)C(C)(F)F)cc1.CC(F)(F)CC(=O)OC12CC3CC(CC(C3)C1)C2.Cc1ccc([S+](c2ccccc2)c2ccccc2)cc1.Cc1ccc([S+](c2ccccc2)c2ccccc2)cc1.O=S(=O)([O-])c1c(C2CCCCC2)cc(C2CCCCC2)cc1C1CCCCC1.c1ccc([S+](c2ccccc2)c2ccccc2)cc1. The molecule has 0 spiro atoms. The molecule has 4 bridgehead atoms. The first kappa shape index (κ1) is 99.8. The molecule has 0 radical (unpaired) electrons. The number of carbonyl (C=O) groups is 1. The van der Waals surface area contributed by atoms with E-state index in [1.807, 2.05) is 0 Å². The van der Waals surface area contributed by atoms with Gasteiger partial charge in [-0.05, 0) is 304 Å². The van der Waals surface area contributed by atoms with Gasteiger partial charge in [-0.15, -0.1) is 0 Å². The predicted octanol–water partition coefficient (Wildman–Crippen LogP) is 29.7. The van der Waals surface area contributed by atoms with Crippen molar-refractivity contribution in [1.82, 2.24) is 0 Å². The molecule has 0 amide bonds. The lowest BCUT2D eigenvalue weighted by Crippen LogP contribution is -2.57. The van der Waals surface area contributed by atoms with Crippen LogP contribution < -0.4 is 8.92 Å². The van der Waals surface area contributed by atoms with Gasteiger partial charge in [-0.25, -0.2) is 17.2 Å². The number of rotatable bonds is 22. The fourth-order valence-electron chi connectivity index (χ4n) is 18.8. The summed E-state index contributed by atoms with van der Waals surface area (Å²) in [6, 6.07) is 101. The van der Waals surface area contributed by atoms with Crippen molar-refractivity contribution in [2.45, 2.75) is 291 Å². The Hall–Kier alpha value is -9.16. The number of carbonyl (C=O) groups excluding carboxylic acids is 1. The average molecular weight is 1870 g/mol. The third kappa shape index (κ3) is 27.5. The average Bonchev–Trinajstić information content (AvgIpc) is 0.747. The van der Waals surface area contributed by atoms with E-state index in [4.69, 9.17) is 9.47 Å². The fraction of sp³-hybridized carbons (Fsp3) is 0.380. The van der Waals surface area contributed by atoms with Crippen LogP contribution in [0.2, 0.25) is 0 Å². The van der Waals surface area contributed by atoms with E-state index in [9.17, 15) is 61.3 Å². The van der Waals surface area contributed by atoms with Gasteiger partial charge in [-0.2, -0.15) is 34.8 Å². The van der Waals surface area contributed by atoms with Crippen LogP contribution in [0.25, 0.3) is 0 Å². The number of hydrogen-bond donors (Lipinski definition) is 0. The molecule has 690 valence electrons. The Kier molecular flexibility index (Phi) is 34.6. The molecule has 0 aromatic heterocycles. The van der Waals surface area contributed by atoms with Crippen molar-refractivity contribution in [3.05, 3.63) is 325 Å². The first-order valence-corrected chi connectivity index (χ1v) is 51.7. The highest BCUT2D eigenvalue weighted by molar-refractivity contribution is 7.97. The highest BCUT2D eigenvalue weighted by Crippen LogP contribution is 2.58. The van der Waals surface area contributed by atoms with E-state index in [1.54, 1.807) is 20.8 Å². The third-order valence-corrected chi connectivity index (χ3v) is 33.4. The number of esters is 1. The van der Waals surface area contributed by atoms with Crippen LogP contribution >= 0.6 is 0 Å².